The van der Waals surface area contributed by atoms with E-state index in [9.17, 15) is 4.79 Å². The second kappa shape index (κ2) is 8.29. The van der Waals surface area contributed by atoms with Crippen LogP contribution >= 0.6 is 0 Å². The fourth-order valence-electron chi connectivity index (χ4n) is 1.90. The van der Waals surface area contributed by atoms with Crippen LogP contribution in [0.25, 0.3) is 11.0 Å². The third-order valence-corrected chi connectivity index (χ3v) is 2.85. The van der Waals surface area contributed by atoms with Crippen molar-refractivity contribution < 1.29 is 9.53 Å². The molecule has 0 aliphatic carbocycles. The first-order valence-electron chi connectivity index (χ1n) is 7.48. The molecule has 0 aliphatic rings. The first kappa shape index (κ1) is 17.0. The first-order valence-corrected chi connectivity index (χ1v) is 7.48. The molecule has 116 valence electrons. The minimum absolute atomic E-state index is 0.0369. The second-order valence-electron chi connectivity index (χ2n) is 4.64. The summed E-state index contributed by atoms with van der Waals surface area (Å²) in [5.74, 6) is 0.570. The highest BCUT2D eigenvalue weighted by atomic mass is 16.5. The molecule has 0 atom stereocenters. The average Bonchev–Trinajstić information content (AvgIpc) is 2.91. The molecule has 1 N–H and O–H groups in total. The Morgan fingerprint density at radius 2 is 2.10 bits per heavy atom. The summed E-state index contributed by atoms with van der Waals surface area (Å²) in [6.45, 7) is 10.7. The number of likely N-dealkylation sites (N-methyl/N-ethyl adjacent to an activating group) is 1. The summed E-state index contributed by atoms with van der Waals surface area (Å²) in [5.41, 5.74) is 1.95. The number of carbonyl (C=O) groups excluding carboxylic acids is 1. The van der Waals surface area contributed by atoms with Crippen molar-refractivity contribution in [3.05, 3.63) is 24.5 Å². The summed E-state index contributed by atoms with van der Waals surface area (Å²) >= 11 is 0. The van der Waals surface area contributed by atoms with E-state index in [1.807, 2.05) is 45.3 Å². The molecule has 0 saturated carbocycles. The van der Waals surface area contributed by atoms with E-state index in [1.54, 1.807) is 0 Å². The highest BCUT2D eigenvalue weighted by Crippen LogP contribution is 2.22. The van der Waals surface area contributed by atoms with Gasteiger partial charge in [0.1, 0.15) is 5.75 Å². The molecule has 0 radical (unpaired) electrons. The van der Waals surface area contributed by atoms with Crippen LogP contribution in [0.5, 0.6) is 5.75 Å². The standard InChI is InChI=1S/C14H19N3O2.C2H6/c1-4-15-14(18)8-19-11-5-6-12-13(7-11)17(9-16-12)10(2)3;1-2/h5-7,9-10H,4,8H2,1-3H3,(H,15,18);1-2H3. The fraction of sp³-hybridized carbons (Fsp3) is 0.500. The Balaban J connectivity index is 0.00000106. The van der Waals surface area contributed by atoms with E-state index in [1.165, 1.54) is 0 Å². The molecular weight excluding hydrogens is 266 g/mol. The summed E-state index contributed by atoms with van der Waals surface area (Å²) in [7, 11) is 0. The number of amides is 1. The molecule has 2 aromatic rings. The normalized spacial score (nSPS) is 10.2. The van der Waals surface area contributed by atoms with Gasteiger partial charge in [-0.15, -0.1) is 0 Å². The summed E-state index contributed by atoms with van der Waals surface area (Å²) < 4.78 is 7.56. The van der Waals surface area contributed by atoms with Crippen LogP contribution in [0, 0.1) is 0 Å². The van der Waals surface area contributed by atoms with E-state index in [4.69, 9.17) is 4.74 Å². The molecule has 1 aromatic heterocycles. The Morgan fingerprint density at radius 3 is 2.71 bits per heavy atom. The minimum Gasteiger partial charge on any atom is -0.484 e. The van der Waals surface area contributed by atoms with Crippen LogP contribution in [0.15, 0.2) is 24.5 Å². The first-order chi connectivity index (χ1) is 10.1. The Morgan fingerprint density at radius 1 is 1.38 bits per heavy atom. The molecule has 1 aromatic carbocycles. The van der Waals surface area contributed by atoms with Gasteiger partial charge in [-0.3, -0.25) is 4.79 Å². The van der Waals surface area contributed by atoms with Crippen LogP contribution in [0.2, 0.25) is 0 Å². The number of carbonyl (C=O) groups is 1. The van der Waals surface area contributed by atoms with Gasteiger partial charge < -0.3 is 14.6 Å². The monoisotopic (exact) mass is 291 g/mol. The van der Waals surface area contributed by atoms with Crippen molar-refractivity contribution in [2.24, 2.45) is 0 Å². The smallest absolute Gasteiger partial charge is 0.257 e. The van der Waals surface area contributed by atoms with Gasteiger partial charge in [0.15, 0.2) is 6.61 Å². The van der Waals surface area contributed by atoms with Crippen molar-refractivity contribution >= 4 is 16.9 Å². The molecule has 1 amide bonds. The predicted octanol–water partition coefficient (Wildman–Crippen LogP) is 3.16. The Kier molecular flexibility index (Phi) is 6.72. The molecule has 0 unspecified atom stereocenters. The van der Waals surface area contributed by atoms with E-state index in [0.717, 1.165) is 11.0 Å². The SMILES string of the molecule is CC.CCNC(=O)COc1ccc2ncn(C(C)C)c2c1. The molecule has 0 spiro atoms. The van der Waals surface area contributed by atoms with Gasteiger partial charge in [-0.05, 0) is 32.9 Å². The number of ether oxygens (including phenoxy) is 1. The summed E-state index contributed by atoms with van der Waals surface area (Å²) in [4.78, 5) is 15.7. The van der Waals surface area contributed by atoms with Gasteiger partial charge in [0.2, 0.25) is 0 Å². The molecular formula is C16H25N3O2. The van der Waals surface area contributed by atoms with Gasteiger partial charge in [-0.1, -0.05) is 13.8 Å². The molecule has 0 aliphatic heterocycles. The Bertz CT molecular complexity index is 576. The van der Waals surface area contributed by atoms with Crippen LogP contribution in [0.4, 0.5) is 0 Å². The zero-order chi connectivity index (χ0) is 15.8. The predicted molar refractivity (Wildman–Crippen MR) is 85.6 cm³/mol. The van der Waals surface area contributed by atoms with Crippen molar-refractivity contribution in [1.82, 2.24) is 14.9 Å². The number of hydrogen-bond donors (Lipinski definition) is 1. The molecule has 0 fully saturated rings. The third-order valence-electron chi connectivity index (χ3n) is 2.85. The molecule has 0 saturated heterocycles. The summed E-state index contributed by atoms with van der Waals surface area (Å²) in [6, 6.07) is 5.99. The van der Waals surface area contributed by atoms with Crippen LogP contribution < -0.4 is 10.1 Å². The number of nitrogens with one attached hydrogen (secondary N) is 1. The number of aromatic nitrogens is 2. The maximum Gasteiger partial charge on any atom is 0.257 e. The molecule has 0 bridgehead atoms. The van der Waals surface area contributed by atoms with E-state index in [0.29, 0.717) is 18.3 Å². The zero-order valence-corrected chi connectivity index (χ0v) is 13.5. The lowest BCUT2D eigenvalue weighted by atomic mass is 10.2. The summed E-state index contributed by atoms with van der Waals surface area (Å²) in [5, 5.41) is 2.70. The van der Waals surface area contributed by atoms with Gasteiger partial charge in [-0.2, -0.15) is 0 Å². The molecule has 5 heteroatoms. The van der Waals surface area contributed by atoms with Crippen molar-refractivity contribution in [2.45, 2.75) is 40.7 Å². The van der Waals surface area contributed by atoms with E-state index < -0.39 is 0 Å². The van der Waals surface area contributed by atoms with Gasteiger partial charge in [-0.25, -0.2) is 4.98 Å². The van der Waals surface area contributed by atoms with Crippen molar-refractivity contribution in [3.8, 4) is 5.75 Å². The number of benzene rings is 1. The third kappa shape index (κ3) is 4.48. The maximum atomic E-state index is 11.4. The maximum absolute atomic E-state index is 11.4. The number of imidazole rings is 1. The van der Waals surface area contributed by atoms with Crippen LogP contribution in [0.1, 0.15) is 40.7 Å². The second-order valence-corrected chi connectivity index (χ2v) is 4.64. The van der Waals surface area contributed by atoms with Crippen molar-refractivity contribution in [1.29, 1.82) is 0 Å². The van der Waals surface area contributed by atoms with Crippen LogP contribution in [-0.2, 0) is 4.79 Å². The lowest BCUT2D eigenvalue weighted by molar-refractivity contribution is -0.122. The lowest BCUT2D eigenvalue weighted by Gasteiger charge is -2.10. The molecule has 21 heavy (non-hydrogen) atoms. The van der Waals surface area contributed by atoms with Crippen molar-refractivity contribution in [3.63, 3.8) is 0 Å². The highest BCUT2D eigenvalue weighted by Gasteiger charge is 2.07. The van der Waals surface area contributed by atoms with Gasteiger partial charge >= 0.3 is 0 Å². The number of fused-ring (bicyclic) bond motifs is 1. The molecule has 1 heterocycles. The van der Waals surface area contributed by atoms with E-state index >= 15 is 0 Å². The Labute approximate surface area is 126 Å². The average molecular weight is 291 g/mol. The number of rotatable bonds is 5. The topological polar surface area (TPSA) is 56.1 Å². The lowest BCUT2D eigenvalue weighted by Crippen LogP contribution is -2.28. The van der Waals surface area contributed by atoms with Crippen LogP contribution in [0.3, 0.4) is 0 Å². The van der Waals surface area contributed by atoms with Crippen molar-refractivity contribution in [2.75, 3.05) is 13.2 Å². The number of nitrogens with zero attached hydrogens (tertiary/aromatic N) is 2. The molecule has 5 nitrogen and oxygen atoms in total. The summed E-state index contributed by atoms with van der Waals surface area (Å²) in [6.07, 6.45) is 1.82. The fourth-order valence-corrected chi connectivity index (χ4v) is 1.90. The molecule has 2 rings (SSSR count). The van der Waals surface area contributed by atoms with Crippen LogP contribution in [-0.4, -0.2) is 28.6 Å². The Hall–Kier alpha value is -2.04. The zero-order valence-electron chi connectivity index (χ0n) is 13.5. The van der Waals surface area contributed by atoms with Gasteiger partial charge in [0.25, 0.3) is 5.91 Å². The highest BCUT2D eigenvalue weighted by molar-refractivity contribution is 5.79. The van der Waals surface area contributed by atoms with Gasteiger partial charge in [0, 0.05) is 18.7 Å². The minimum atomic E-state index is -0.111. The number of hydrogen-bond acceptors (Lipinski definition) is 3. The quantitative estimate of drug-likeness (QED) is 0.920. The largest absolute Gasteiger partial charge is 0.484 e. The van der Waals surface area contributed by atoms with Gasteiger partial charge in [0.05, 0.1) is 17.4 Å². The van der Waals surface area contributed by atoms with E-state index in [-0.39, 0.29) is 12.5 Å². The van der Waals surface area contributed by atoms with E-state index in [2.05, 4.69) is 28.7 Å².